The zero-order chi connectivity index (χ0) is 25.2. The summed E-state index contributed by atoms with van der Waals surface area (Å²) in [5.74, 6) is -0.319. The highest BCUT2D eigenvalue weighted by molar-refractivity contribution is 6.05. The lowest BCUT2D eigenvalue weighted by atomic mass is 9.97. The van der Waals surface area contributed by atoms with Gasteiger partial charge in [0.05, 0.1) is 17.8 Å². The van der Waals surface area contributed by atoms with Gasteiger partial charge in [-0.1, -0.05) is 0 Å². The van der Waals surface area contributed by atoms with Crippen molar-refractivity contribution in [2.45, 2.75) is 13.0 Å². The highest BCUT2D eigenvalue weighted by atomic mass is 19.1. The number of carbonyl (C=O) groups excluding carboxylic acids is 1. The number of anilines is 1. The zero-order valence-electron chi connectivity index (χ0n) is 19.8. The molecule has 1 aliphatic heterocycles. The molecule has 5 rings (SSSR count). The number of pyridine rings is 1. The summed E-state index contributed by atoms with van der Waals surface area (Å²) in [4.78, 5) is 19.7. The van der Waals surface area contributed by atoms with Gasteiger partial charge in [-0.2, -0.15) is 5.10 Å². The normalized spacial score (nSPS) is 12.6. The van der Waals surface area contributed by atoms with E-state index in [-0.39, 0.29) is 17.6 Å². The van der Waals surface area contributed by atoms with Crippen molar-refractivity contribution in [2.75, 3.05) is 18.4 Å². The minimum absolute atomic E-state index is 0.0395. The molecule has 0 unspecified atom stereocenters. The largest absolute Gasteiger partial charge is 0.385 e. The third-order valence-corrected chi connectivity index (χ3v) is 6.24. The number of carbonyl (C=O) groups is 1. The summed E-state index contributed by atoms with van der Waals surface area (Å²) < 4.78 is 15.2. The number of hydrogen-bond donors (Lipinski definition) is 3. The molecule has 9 heteroatoms. The first-order valence-corrected chi connectivity index (χ1v) is 11.7. The van der Waals surface area contributed by atoms with E-state index >= 15 is 0 Å². The minimum atomic E-state index is -0.311. The fraction of sp³-hybridized carbons (Fsp3) is 0.185. The Hall–Kier alpha value is -4.53. The van der Waals surface area contributed by atoms with Crippen LogP contribution in [0.3, 0.4) is 0 Å². The molecule has 182 valence electrons. The molecule has 0 fully saturated rings. The number of amides is 1. The van der Waals surface area contributed by atoms with Crippen molar-refractivity contribution in [3.63, 3.8) is 0 Å². The Morgan fingerprint density at radius 1 is 1.11 bits per heavy atom. The molecule has 1 aliphatic rings. The van der Waals surface area contributed by atoms with Crippen LogP contribution in [0.25, 0.3) is 22.4 Å². The summed E-state index contributed by atoms with van der Waals surface area (Å²) >= 11 is 0. The maximum absolute atomic E-state index is 13.5. The van der Waals surface area contributed by atoms with Crippen LogP contribution in [-0.2, 0) is 13.6 Å². The number of halogens is 1. The zero-order valence-corrected chi connectivity index (χ0v) is 19.8. The quantitative estimate of drug-likeness (QED) is 0.199. The molecule has 4 N–H and O–H groups in total. The van der Waals surface area contributed by atoms with Crippen molar-refractivity contribution in [2.24, 2.45) is 12.8 Å². The molecule has 0 saturated carbocycles. The third-order valence-electron chi connectivity index (χ3n) is 6.24. The smallest absolute Gasteiger partial charge is 0.256 e. The first-order chi connectivity index (χ1) is 17.4. The van der Waals surface area contributed by atoms with Gasteiger partial charge >= 0.3 is 0 Å². The molecular weight excluding hydrogens is 457 g/mol. The molecule has 2 aromatic carbocycles. The van der Waals surface area contributed by atoms with Crippen LogP contribution >= 0.6 is 0 Å². The number of nitrogens with zero attached hydrogens (tertiary/aromatic N) is 4. The minimum Gasteiger partial charge on any atom is -0.385 e. The lowest BCUT2D eigenvalue weighted by Gasteiger charge is -2.16. The Balaban J connectivity index is 1.30. The van der Waals surface area contributed by atoms with Crippen molar-refractivity contribution < 1.29 is 9.18 Å². The molecule has 3 heterocycles. The Morgan fingerprint density at radius 2 is 1.86 bits per heavy atom. The SMILES string of the molecule is Cn1cc(-c2ccnc3c2C(=O)N(CCCNc2ccc(C(=N)N)cc2)C3)c(-c2ccc(F)cc2)n1. The summed E-state index contributed by atoms with van der Waals surface area (Å²) in [6.45, 7) is 1.74. The van der Waals surface area contributed by atoms with Crippen LogP contribution in [0.1, 0.15) is 28.0 Å². The van der Waals surface area contributed by atoms with Crippen LogP contribution in [0.15, 0.2) is 67.0 Å². The van der Waals surface area contributed by atoms with Gasteiger partial charge in [-0.15, -0.1) is 0 Å². The lowest BCUT2D eigenvalue weighted by Crippen LogP contribution is -2.26. The van der Waals surface area contributed by atoms with Crippen molar-refractivity contribution in [1.82, 2.24) is 19.7 Å². The Bertz CT molecular complexity index is 1430. The molecule has 0 radical (unpaired) electrons. The predicted molar refractivity (Wildman–Crippen MR) is 137 cm³/mol. The van der Waals surface area contributed by atoms with E-state index in [1.165, 1.54) is 12.1 Å². The number of nitrogens with two attached hydrogens (primary N) is 1. The van der Waals surface area contributed by atoms with E-state index in [9.17, 15) is 9.18 Å². The van der Waals surface area contributed by atoms with Crippen molar-refractivity contribution in [1.29, 1.82) is 5.41 Å². The standard InChI is InChI=1S/C27H26FN7O/c1-34-15-22(25(33-34)17-3-7-19(28)8-4-17)21-11-13-32-23-16-35(27(36)24(21)23)14-2-12-31-20-9-5-18(6-10-20)26(29)30/h3-11,13,15,31H,2,12,14,16H2,1H3,(H3,29,30). The molecule has 2 aromatic heterocycles. The fourth-order valence-electron chi connectivity index (χ4n) is 4.46. The number of benzene rings is 2. The van der Waals surface area contributed by atoms with Crippen LogP contribution in [0, 0.1) is 11.2 Å². The average Bonchev–Trinajstić information content (AvgIpc) is 3.42. The average molecular weight is 484 g/mol. The maximum Gasteiger partial charge on any atom is 0.256 e. The van der Waals surface area contributed by atoms with Crippen LogP contribution in [-0.4, -0.2) is 44.5 Å². The van der Waals surface area contributed by atoms with E-state index in [0.717, 1.165) is 34.5 Å². The number of amidine groups is 1. The Morgan fingerprint density at radius 3 is 2.58 bits per heavy atom. The monoisotopic (exact) mass is 483 g/mol. The van der Waals surface area contributed by atoms with Crippen LogP contribution in [0.5, 0.6) is 0 Å². The molecule has 0 aliphatic carbocycles. The highest BCUT2D eigenvalue weighted by Crippen LogP contribution is 2.36. The molecule has 0 atom stereocenters. The summed E-state index contributed by atoms with van der Waals surface area (Å²) in [7, 11) is 1.83. The number of nitrogens with one attached hydrogen (secondary N) is 2. The first kappa shape index (κ1) is 23.2. The van der Waals surface area contributed by atoms with Gasteiger partial charge in [-0.3, -0.25) is 19.9 Å². The summed E-state index contributed by atoms with van der Waals surface area (Å²) in [5.41, 5.74) is 11.5. The van der Waals surface area contributed by atoms with Crippen LogP contribution in [0.2, 0.25) is 0 Å². The van der Waals surface area contributed by atoms with Gasteiger partial charge < -0.3 is 16.0 Å². The van der Waals surface area contributed by atoms with E-state index in [1.807, 2.05) is 36.3 Å². The van der Waals surface area contributed by atoms with Gasteiger partial charge in [-0.25, -0.2) is 4.39 Å². The number of nitrogen functional groups attached to an aromatic ring is 1. The van der Waals surface area contributed by atoms with Gasteiger partial charge in [0, 0.05) is 60.5 Å². The van der Waals surface area contributed by atoms with Crippen molar-refractivity contribution in [3.05, 3.63) is 89.6 Å². The molecule has 8 nitrogen and oxygen atoms in total. The van der Waals surface area contributed by atoms with Gasteiger partial charge in [0.2, 0.25) is 0 Å². The molecule has 36 heavy (non-hydrogen) atoms. The first-order valence-electron chi connectivity index (χ1n) is 11.7. The van der Waals surface area contributed by atoms with E-state index in [4.69, 9.17) is 11.1 Å². The van der Waals surface area contributed by atoms with Crippen molar-refractivity contribution >= 4 is 17.4 Å². The molecule has 0 saturated heterocycles. The topological polar surface area (TPSA) is 113 Å². The van der Waals surface area contributed by atoms with Crippen LogP contribution in [0.4, 0.5) is 10.1 Å². The van der Waals surface area contributed by atoms with Gasteiger partial charge in [0.1, 0.15) is 17.3 Å². The lowest BCUT2D eigenvalue weighted by molar-refractivity contribution is 0.0778. The second-order valence-electron chi connectivity index (χ2n) is 8.75. The predicted octanol–water partition coefficient (Wildman–Crippen LogP) is 4.03. The summed E-state index contributed by atoms with van der Waals surface area (Å²) in [6, 6.07) is 15.4. The Kier molecular flexibility index (Phi) is 6.20. The van der Waals surface area contributed by atoms with E-state index in [2.05, 4.69) is 15.4 Å². The highest BCUT2D eigenvalue weighted by Gasteiger charge is 2.32. The van der Waals surface area contributed by atoms with E-state index < -0.39 is 0 Å². The third kappa shape index (κ3) is 4.55. The number of aromatic nitrogens is 3. The second kappa shape index (κ2) is 9.61. The molecule has 0 spiro atoms. The van der Waals surface area contributed by atoms with E-state index in [0.29, 0.717) is 36.5 Å². The summed E-state index contributed by atoms with van der Waals surface area (Å²) in [5, 5.41) is 15.4. The van der Waals surface area contributed by atoms with E-state index in [1.54, 1.807) is 35.1 Å². The van der Waals surface area contributed by atoms with Gasteiger partial charge in [0.25, 0.3) is 5.91 Å². The van der Waals surface area contributed by atoms with Gasteiger partial charge in [-0.05, 0) is 61.0 Å². The number of hydrogen-bond acceptors (Lipinski definition) is 5. The molecular formula is C27H26FN7O. The Labute approximate surface area is 208 Å². The van der Waals surface area contributed by atoms with Crippen molar-refractivity contribution in [3.8, 4) is 22.4 Å². The second-order valence-corrected chi connectivity index (χ2v) is 8.75. The van der Waals surface area contributed by atoms with Gasteiger partial charge in [0.15, 0.2) is 0 Å². The molecule has 0 bridgehead atoms. The maximum atomic E-state index is 13.5. The fourth-order valence-corrected chi connectivity index (χ4v) is 4.46. The number of fused-ring (bicyclic) bond motifs is 1. The molecule has 4 aromatic rings. The number of rotatable bonds is 8. The summed E-state index contributed by atoms with van der Waals surface area (Å²) in [6.07, 6.45) is 4.36. The van der Waals surface area contributed by atoms with Crippen LogP contribution < -0.4 is 11.1 Å². The number of aryl methyl sites for hydroxylation is 1. The molecule has 1 amide bonds.